The molecule has 0 bridgehead atoms. The summed E-state index contributed by atoms with van der Waals surface area (Å²) in [5.74, 6) is 0.951. The second kappa shape index (κ2) is 8.66. The Bertz CT molecular complexity index is 1410. The van der Waals surface area contributed by atoms with E-state index in [0.717, 1.165) is 11.1 Å². The summed E-state index contributed by atoms with van der Waals surface area (Å²) in [7, 11) is 1.58. The quantitative estimate of drug-likeness (QED) is 0.594. The molecule has 4 heterocycles. The number of aromatic nitrogens is 3. The van der Waals surface area contributed by atoms with E-state index in [1.54, 1.807) is 7.11 Å². The minimum Gasteiger partial charge on any atom is -0.490 e. The van der Waals surface area contributed by atoms with Gasteiger partial charge < -0.3 is 23.8 Å². The number of benzene rings is 1. The molecule has 1 fully saturated rings. The van der Waals surface area contributed by atoms with E-state index in [9.17, 15) is 4.79 Å². The van der Waals surface area contributed by atoms with Gasteiger partial charge in [0.1, 0.15) is 24.9 Å². The van der Waals surface area contributed by atoms with Gasteiger partial charge in [0.05, 0.1) is 13.5 Å². The zero-order valence-corrected chi connectivity index (χ0v) is 17.8. The molecule has 3 aromatic rings. The van der Waals surface area contributed by atoms with Crippen molar-refractivity contribution < 1.29 is 25.8 Å². The number of hydrogen-bond donors (Lipinski definition) is 0. The largest absolute Gasteiger partial charge is 0.490 e. The number of anilines is 1. The molecule has 168 valence electrons. The summed E-state index contributed by atoms with van der Waals surface area (Å²) in [6.07, 6.45) is 0.829. The van der Waals surface area contributed by atoms with E-state index in [0.29, 0.717) is 37.4 Å². The highest BCUT2D eigenvalue weighted by molar-refractivity contribution is 5.59. The molecule has 2 aromatic heterocycles. The number of piperidine rings is 1. The fraction of sp³-hybridized carbons (Fsp3) is 0.435. The highest BCUT2D eigenvalue weighted by Crippen LogP contribution is 2.35. The Kier molecular flexibility index (Phi) is 4.19. The molecular formula is C23H26N4O5. The minimum atomic E-state index is -2.69. The second-order valence-electron chi connectivity index (χ2n) is 7.52. The molecule has 1 saturated heterocycles. The summed E-state index contributed by atoms with van der Waals surface area (Å²) >= 11 is 0. The van der Waals surface area contributed by atoms with Crippen molar-refractivity contribution in [3.05, 3.63) is 51.9 Å². The van der Waals surface area contributed by atoms with Crippen LogP contribution in [0.5, 0.6) is 17.2 Å². The van der Waals surface area contributed by atoms with Gasteiger partial charge in [-0.1, -0.05) is 0 Å². The zero-order chi connectivity index (χ0) is 26.6. The Balaban J connectivity index is 1.35. The van der Waals surface area contributed by atoms with Crippen LogP contribution in [0.4, 0.5) is 5.82 Å². The van der Waals surface area contributed by atoms with Gasteiger partial charge in [-0.15, -0.1) is 5.10 Å². The summed E-state index contributed by atoms with van der Waals surface area (Å²) < 4.78 is 62.7. The van der Waals surface area contributed by atoms with Crippen molar-refractivity contribution in [3.8, 4) is 17.2 Å². The highest BCUT2D eigenvalue weighted by Gasteiger charge is 2.25. The van der Waals surface area contributed by atoms with Crippen LogP contribution in [0.25, 0.3) is 5.65 Å². The highest BCUT2D eigenvalue weighted by atomic mass is 16.6. The number of methoxy groups -OCH3 is 1. The van der Waals surface area contributed by atoms with Gasteiger partial charge >= 0.3 is 0 Å². The van der Waals surface area contributed by atoms with Gasteiger partial charge in [-0.2, -0.15) is 4.52 Å². The molecule has 0 amide bonds. The van der Waals surface area contributed by atoms with E-state index in [1.807, 2.05) is 11.8 Å². The van der Waals surface area contributed by atoms with Crippen LogP contribution in [0.15, 0.2) is 35.3 Å². The van der Waals surface area contributed by atoms with Crippen LogP contribution < -0.4 is 24.7 Å². The summed E-state index contributed by atoms with van der Waals surface area (Å²) in [4.78, 5) is 18.8. The first-order valence-corrected chi connectivity index (χ1v) is 10.3. The first kappa shape index (κ1) is 15.5. The molecule has 32 heavy (non-hydrogen) atoms. The maximum absolute atomic E-state index is 12.5. The Labute approximate surface area is 192 Å². The third-order valence-corrected chi connectivity index (χ3v) is 5.53. The summed E-state index contributed by atoms with van der Waals surface area (Å²) in [5.41, 5.74) is 1.76. The van der Waals surface area contributed by atoms with Crippen LogP contribution in [-0.2, 0) is 11.3 Å². The van der Waals surface area contributed by atoms with Crippen LogP contribution in [0.2, 0.25) is 0 Å². The number of nitrogens with zero attached hydrogens (tertiary/aromatic N) is 4. The van der Waals surface area contributed by atoms with Crippen molar-refractivity contribution >= 4 is 11.5 Å². The van der Waals surface area contributed by atoms with E-state index in [1.165, 1.54) is 35.0 Å². The van der Waals surface area contributed by atoms with E-state index in [2.05, 4.69) is 10.1 Å². The fourth-order valence-corrected chi connectivity index (χ4v) is 3.90. The van der Waals surface area contributed by atoms with Crippen LogP contribution >= 0.6 is 0 Å². The van der Waals surface area contributed by atoms with E-state index in [-0.39, 0.29) is 29.4 Å². The Morgan fingerprint density at radius 1 is 1.22 bits per heavy atom. The molecule has 9 heteroatoms. The molecule has 0 atom stereocenters. The average Bonchev–Trinajstić information content (AvgIpc) is 2.82. The van der Waals surface area contributed by atoms with Gasteiger partial charge in [0.2, 0.25) is 0 Å². The maximum atomic E-state index is 12.5. The molecule has 0 saturated carbocycles. The number of fused-ring (bicyclic) bond motifs is 2. The topological polar surface area (TPSA) is 87.4 Å². The van der Waals surface area contributed by atoms with Crippen molar-refractivity contribution in [2.45, 2.75) is 32.5 Å². The standard InChI is InChI=1S/C23H26N4O5/c1-15-18(14-29-2)23-24-8-5-21(28)27(23)25-22(15)26-9-6-16(7-10-26)32-17-3-4-19-20(13-17)31-12-11-30-19/h3-5,8,13,16H,6-7,9-12,14H2,1-2H3/i11D2,12D2,16D. The average molecular weight is 444 g/mol. The molecule has 0 spiro atoms. The monoisotopic (exact) mass is 443 g/mol. The summed E-state index contributed by atoms with van der Waals surface area (Å²) in [6.45, 7) is -2.28. The van der Waals surface area contributed by atoms with Crippen molar-refractivity contribution in [1.29, 1.82) is 0 Å². The maximum Gasteiger partial charge on any atom is 0.274 e. The summed E-state index contributed by atoms with van der Waals surface area (Å²) in [5, 5.41) is 4.56. The van der Waals surface area contributed by atoms with Crippen LogP contribution in [-0.4, -0.2) is 54.0 Å². The lowest BCUT2D eigenvalue weighted by Gasteiger charge is -2.34. The van der Waals surface area contributed by atoms with Gasteiger partial charge in [-0.25, -0.2) is 4.98 Å². The van der Waals surface area contributed by atoms with Crippen LogP contribution in [0.1, 0.15) is 30.8 Å². The minimum absolute atomic E-state index is 0.000580. The van der Waals surface area contributed by atoms with Crippen LogP contribution in [0.3, 0.4) is 0 Å². The van der Waals surface area contributed by atoms with Crippen molar-refractivity contribution in [2.24, 2.45) is 0 Å². The first-order chi connectivity index (χ1) is 17.4. The predicted molar refractivity (Wildman–Crippen MR) is 118 cm³/mol. The molecule has 0 N–H and O–H groups in total. The van der Waals surface area contributed by atoms with E-state index >= 15 is 0 Å². The third-order valence-electron chi connectivity index (χ3n) is 5.53. The Morgan fingerprint density at radius 3 is 2.78 bits per heavy atom. The molecule has 0 aliphatic carbocycles. The molecule has 9 nitrogen and oxygen atoms in total. The Hall–Kier alpha value is -3.33. The van der Waals surface area contributed by atoms with E-state index in [4.69, 9.17) is 25.8 Å². The van der Waals surface area contributed by atoms with Gasteiger partial charge in [-0.05, 0) is 19.1 Å². The lowest BCUT2D eigenvalue weighted by Crippen LogP contribution is -2.40. The third kappa shape index (κ3) is 3.84. The number of ether oxygens (including phenoxy) is 4. The fourth-order valence-electron chi connectivity index (χ4n) is 3.90. The first-order valence-electron chi connectivity index (χ1n) is 12.8. The van der Waals surface area contributed by atoms with Gasteiger partial charge in [0.25, 0.3) is 5.56 Å². The molecule has 0 radical (unpaired) electrons. The zero-order valence-electron chi connectivity index (χ0n) is 22.8. The second-order valence-corrected chi connectivity index (χ2v) is 7.52. The van der Waals surface area contributed by atoms with Crippen molar-refractivity contribution in [1.82, 2.24) is 14.6 Å². The van der Waals surface area contributed by atoms with Gasteiger partial charge in [0, 0.05) is 62.5 Å². The normalized spacial score (nSPS) is 22.8. The lowest BCUT2D eigenvalue weighted by molar-refractivity contribution is 0.159. The van der Waals surface area contributed by atoms with Gasteiger partial charge in [-0.3, -0.25) is 4.79 Å². The molecule has 2 aliphatic heterocycles. The van der Waals surface area contributed by atoms with Crippen molar-refractivity contribution in [3.63, 3.8) is 0 Å². The Morgan fingerprint density at radius 2 is 2.00 bits per heavy atom. The molecule has 2 aliphatic rings. The lowest BCUT2D eigenvalue weighted by atomic mass is 10.1. The molecule has 0 unspecified atom stereocenters. The predicted octanol–water partition coefficient (Wildman–Crippen LogP) is 2.36. The molecule has 1 aromatic carbocycles. The number of hydrogen-bond acceptors (Lipinski definition) is 8. The smallest absolute Gasteiger partial charge is 0.274 e. The SMILES string of the molecule is [2H]C1(Oc2ccc3c(c2)OC([2H])([2H])C([2H])([2H])O3)CCN(c2nn3c(=O)ccnc3c(COC)c2C)CC1. The molecular weight excluding hydrogens is 412 g/mol. The van der Waals surface area contributed by atoms with Crippen LogP contribution in [0, 0.1) is 6.92 Å². The van der Waals surface area contributed by atoms with E-state index < -0.39 is 19.2 Å². The molecule has 5 rings (SSSR count). The van der Waals surface area contributed by atoms with Crippen molar-refractivity contribution in [2.75, 3.05) is 38.2 Å². The number of rotatable bonds is 5. The summed E-state index contributed by atoms with van der Waals surface area (Å²) in [6, 6.07) is 5.72. The van der Waals surface area contributed by atoms with Gasteiger partial charge in [0.15, 0.2) is 23.0 Å².